The fraction of sp³-hybridized carbons (Fsp3) is 0.350. The second-order valence-corrected chi connectivity index (χ2v) is 9.11. The van der Waals surface area contributed by atoms with Crippen LogP contribution in [0.2, 0.25) is 5.02 Å². The normalized spacial score (nSPS) is 15.5. The number of rotatable bonds is 5. The predicted molar refractivity (Wildman–Crippen MR) is 112 cm³/mol. The van der Waals surface area contributed by atoms with Crippen LogP contribution in [0.15, 0.2) is 53.4 Å². The number of amides is 1. The second-order valence-electron chi connectivity index (χ2n) is 6.70. The molecular weight excluding hydrogens is 398 g/mol. The van der Waals surface area contributed by atoms with E-state index >= 15 is 0 Å². The highest BCUT2D eigenvalue weighted by Gasteiger charge is 2.23. The molecule has 0 bridgehead atoms. The second kappa shape index (κ2) is 8.51. The molecule has 6 nitrogen and oxygen atoms in total. The van der Waals surface area contributed by atoms with Gasteiger partial charge in [0.05, 0.1) is 10.6 Å². The molecule has 0 saturated carbocycles. The summed E-state index contributed by atoms with van der Waals surface area (Å²) < 4.78 is 26.7. The van der Waals surface area contributed by atoms with E-state index in [4.69, 9.17) is 11.6 Å². The van der Waals surface area contributed by atoms with E-state index in [0.717, 1.165) is 19.6 Å². The Hall–Kier alpha value is -2.09. The molecule has 150 valence electrons. The zero-order valence-corrected chi connectivity index (χ0v) is 17.6. The van der Waals surface area contributed by atoms with E-state index in [2.05, 4.69) is 11.8 Å². The fourth-order valence-corrected chi connectivity index (χ4v) is 4.49. The number of sulfonamides is 1. The molecule has 1 aliphatic heterocycles. The van der Waals surface area contributed by atoms with Crippen molar-refractivity contribution in [1.82, 2.24) is 9.80 Å². The standard InChI is InChI=1S/C20H24ClN3O3S/c1-3-23-12-14-24(15-13-23)20(25)16-4-8-18(9-5-16)22(2)28(26,27)19-10-6-17(21)7-11-19/h4-11H,3,12-15H2,1-2H3. The van der Waals surface area contributed by atoms with Gasteiger partial charge in [0.25, 0.3) is 15.9 Å². The van der Waals surface area contributed by atoms with Crippen LogP contribution in [0.5, 0.6) is 0 Å². The van der Waals surface area contributed by atoms with Gasteiger partial charge < -0.3 is 9.80 Å². The molecule has 0 N–H and O–H groups in total. The minimum atomic E-state index is -3.70. The lowest BCUT2D eigenvalue weighted by Crippen LogP contribution is -2.48. The Kier molecular flexibility index (Phi) is 6.27. The summed E-state index contributed by atoms with van der Waals surface area (Å²) in [6.07, 6.45) is 0. The van der Waals surface area contributed by atoms with Gasteiger partial charge in [0.2, 0.25) is 0 Å². The van der Waals surface area contributed by atoms with Crippen LogP contribution in [0.4, 0.5) is 5.69 Å². The zero-order valence-electron chi connectivity index (χ0n) is 16.0. The van der Waals surface area contributed by atoms with Crippen molar-refractivity contribution in [1.29, 1.82) is 0 Å². The van der Waals surface area contributed by atoms with Crippen LogP contribution in [0, 0.1) is 0 Å². The number of anilines is 1. The molecule has 1 fully saturated rings. The molecule has 0 unspecified atom stereocenters. The van der Waals surface area contributed by atoms with E-state index in [0.29, 0.717) is 29.4 Å². The maximum Gasteiger partial charge on any atom is 0.264 e. The third-order valence-corrected chi connectivity index (χ3v) is 7.11. The number of piperazine rings is 1. The first-order chi connectivity index (χ1) is 13.3. The van der Waals surface area contributed by atoms with E-state index in [9.17, 15) is 13.2 Å². The highest BCUT2D eigenvalue weighted by molar-refractivity contribution is 7.92. The van der Waals surface area contributed by atoms with Crippen LogP contribution in [0.3, 0.4) is 0 Å². The topological polar surface area (TPSA) is 60.9 Å². The lowest BCUT2D eigenvalue weighted by molar-refractivity contribution is 0.0643. The van der Waals surface area contributed by atoms with E-state index in [-0.39, 0.29) is 10.8 Å². The SMILES string of the molecule is CCN1CCN(C(=O)c2ccc(N(C)S(=O)(=O)c3ccc(Cl)cc3)cc2)CC1. The molecule has 1 amide bonds. The molecule has 1 aliphatic rings. The molecule has 0 spiro atoms. The number of carbonyl (C=O) groups excluding carboxylic acids is 1. The Balaban J connectivity index is 1.73. The van der Waals surface area contributed by atoms with Crippen LogP contribution >= 0.6 is 11.6 Å². The van der Waals surface area contributed by atoms with Gasteiger partial charge in [0.15, 0.2) is 0 Å². The molecule has 0 aliphatic carbocycles. The van der Waals surface area contributed by atoms with E-state index in [1.165, 1.54) is 23.5 Å². The summed E-state index contributed by atoms with van der Waals surface area (Å²) in [6, 6.07) is 12.7. The third kappa shape index (κ3) is 4.32. The molecule has 2 aromatic carbocycles. The van der Waals surface area contributed by atoms with E-state index < -0.39 is 10.0 Å². The van der Waals surface area contributed by atoms with Crippen LogP contribution in [-0.2, 0) is 10.0 Å². The number of likely N-dealkylation sites (N-methyl/N-ethyl adjacent to an activating group) is 1. The van der Waals surface area contributed by atoms with Gasteiger partial charge >= 0.3 is 0 Å². The first-order valence-corrected chi connectivity index (χ1v) is 11.0. The Morgan fingerprint density at radius 2 is 1.57 bits per heavy atom. The molecule has 0 radical (unpaired) electrons. The van der Waals surface area contributed by atoms with Gasteiger partial charge in [-0.2, -0.15) is 0 Å². The van der Waals surface area contributed by atoms with Gasteiger partial charge in [-0.05, 0) is 55.1 Å². The number of hydrogen-bond acceptors (Lipinski definition) is 4. The average Bonchev–Trinajstić information content (AvgIpc) is 2.73. The molecule has 3 rings (SSSR count). The average molecular weight is 422 g/mol. The lowest BCUT2D eigenvalue weighted by Gasteiger charge is -2.34. The van der Waals surface area contributed by atoms with Crippen LogP contribution in [-0.4, -0.2) is 63.9 Å². The summed E-state index contributed by atoms with van der Waals surface area (Å²) in [6.45, 7) is 6.28. The number of benzene rings is 2. The summed E-state index contributed by atoms with van der Waals surface area (Å²) in [5.41, 5.74) is 1.05. The van der Waals surface area contributed by atoms with Crippen molar-refractivity contribution in [2.75, 3.05) is 44.1 Å². The van der Waals surface area contributed by atoms with Gasteiger partial charge in [-0.1, -0.05) is 18.5 Å². The number of carbonyl (C=O) groups is 1. The number of halogens is 1. The minimum absolute atomic E-state index is 0.0227. The van der Waals surface area contributed by atoms with Crippen molar-refractivity contribution in [2.24, 2.45) is 0 Å². The third-order valence-electron chi connectivity index (χ3n) is 5.06. The molecule has 0 atom stereocenters. The summed E-state index contributed by atoms with van der Waals surface area (Å²) >= 11 is 5.84. The van der Waals surface area contributed by atoms with Crippen molar-refractivity contribution in [2.45, 2.75) is 11.8 Å². The van der Waals surface area contributed by atoms with E-state index in [1.54, 1.807) is 36.4 Å². The Bertz CT molecular complexity index is 922. The van der Waals surface area contributed by atoms with Crippen molar-refractivity contribution < 1.29 is 13.2 Å². The first-order valence-electron chi connectivity index (χ1n) is 9.19. The lowest BCUT2D eigenvalue weighted by atomic mass is 10.1. The summed E-state index contributed by atoms with van der Waals surface area (Å²) in [5.74, 6) is -0.0227. The number of nitrogens with zero attached hydrogens (tertiary/aromatic N) is 3. The zero-order chi connectivity index (χ0) is 20.3. The van der Waals surface area contributed by atoms with Gasteiger partial charge in [0, 0.05) is 43.8 Å². The monoisotopic (exact) mass is 421 g/mol. The molecule has 1 heterocycles. The largest absolute Gasteiger partial charge is 0.336 e. The van der Waals surface area contributed by atoms with Crippen molar-refractivity contribution in [3.8, 4) is 0 Å². The summed E-state index contributed by atoms with van der Waals surface area (Å²) in [5, 5.41) is 0.476. The molecule has 1 saturated heterocycles. The van der Waals surface area contributed by atoms with Crippen molar-refractivity contribution in [3.63, 3.8) is 0 Å². The smallest absolute Gasteiger partial charge is 0.264 e. The van der Waals surface area contributed by atoms with Gasteiger partial charge in [-0.15, -0.1) is 0 Å². The first kappa shape index (κ1) is 20.6. The van der Waals surface area contributed by atoms with Crippen molar-refractivity contribution in [3.05, 3.63) is 59.1 Å². The highest BCUT2D eigenvalue weighted by atomic mass is 35.5. The molecule has 0 aromatic heterocycles. The van der Waals surface area contributed by atoms with Crippen LogP contribution < -0.4 is 4.31 Å². The van der Waals surface area contributed by atoms with E-state index in [1.807, 2.05) is 4.90 Å². The molecule has 2 aromatic rings. The fourth-order valence-electron chi connectivity index (χ4n) is 3.17. The maximum atomic E-state index is 12.8. The predicted octanol–water partition coefficient (Wildman–Crippen LogP) is 2.94. The van der Waals surface area contributed by atoms with Gasteiger partial charge in [-0.3, -0.25) is 9.10 Å². The maximum absolute atomic E-state index is 12.8. The van der Waals surface area contributed by atoms with Crippen LogP contribution in [0.25, 0.3) is 0 Å². The van der Waals surface area contributed by atoms with Crippen LogP contribution in [0.1, 0.15) is 17.3 Å². The summed E-state index contributed by atoms with van der Waals surface area (Å²) in [7, 11) is -2.21. The Labute approximate surface area is 171 Å². The van der Waals surface area contributed by atoms with Crippen molar-refractivity contribution >= 4 is 33.2 Å². The Morgan fingerprint density at radius 3 is 2.11 bits per heavy atom. The van der Waals surface area contributed by atoms with Gasteiger partial charge in [-0.25, -0.2) is 8.42 Å². The quantitative estimate of drug-likeness (QED) is 0.744. The minimum Gasteiger partial charge on any atom is -0.336 e. The molecule has 28 heavy (non-hydrogen) atoms. The summed E-state index contributed by atoms with van der Waals surface area (Å²) in [4.78, 5) is 17.0. The van der Waals surface area contributed by atoms with Gasteiger partial charge in [0.1, 0.15) is 0 Å². The highest BCUT2D eigenvalue weighted by Crippen LogP contribution is 2.24. The number of hydrogen-bond donors (Lipinski definition) is 0. The Morgan fingerprint density at radius 1 is 1.00 bits per heavy atom. The molecular formula is C20H24ClN3O3S. The molecule has 8 heteroatoms.